The molecular weight excluding hydrogens is 273 g/mol. The van der Waals surface area contributed by atoms with Crippen molar-refractivity contribution in [2.75, 3.05) is 19.7 Å². The van der Waals surface area contributed by atoms with Crippen LogP contribution in [-0.4, -0.2) is 35.6 Å². The molecule has 1 heterocycles. The maximum Gasteiger partial charge on any atom is 0.260 e. The van der Waals surface area contributed by atoms with Crippen LogP contribution in [0.1, 0.15) is 44.3 Å². The predicted octanol–water partition coefficient (Wildman–Crippen LogP) is 2.66. The Hall–Kier alpha value is -1.62. The fraction of sp³-hybridized carbons (Fsp3) is 0.562. The van der Waals surface area contributed by atoms with Gasteiger partial charge in [0.2, 0.25) is 0 Å². The third-order valence-electron chi connectivity index (χ3n) is 3.74. The van der Waals surface area contributed by atoms with Gasteiger partial charge in [0.1, 0.15) is 11.6 Å². The minimum absolute atomic E-state index is 0.0584. The summed E-state index contributed by atoms with van der Waals surface area (Å²) < 4.78 is 19.1. The Balaban J connectivity index is 1.90. The molecule has 0 bridgehead atoms. The number of hydrogen-bond donors (Lipinski definition) is 1. The Bertz CT molecular complexity index is 482. The van der Waals surface area contributed by atoms with Crippen LogP contribution in [0.15, 0.2) is 18.2 Å². The Morgan fingerprint density at radius 1 is 1.33 bits per heavy atom. The van der Waals surface area contributed by atoms with Crippen molar-refractivity contribution < 1.29 is 19.0 Å². The monoisotopic (exact) mass is 295 g/mol. The van der Waals surface area contributed by atoms with Crippen LogP contribution in [0, 0.1) is 5.82 Å². The largest absolute Gasteiger partial charge is 0.484 e. The molecule has 1 saturated heterocycles. The number of nitrogens with zero attached hydrogens (tertiary/aromatic N) is 1. The summed E-state index contributed by atoms with van der Waals surface area (Å²) in [5.41, 5.74) is 0.223. The molecule has 2 rings (SSSR count). The average Bonchev–Trinajstić information content (AvgIpc) is 2.73. The van der Waals surface area contributed by atoms with Crippen molar-refractivity contribution in [1.29, 1.82) is 0 Å². The Kier molecular flexibility index (Phi) is 5.56. The number of carbonyl (C=O) groups excluding carboxylic acids is 1. The number of aliphatic hydroxyl groups is 1. The minimum atomic E-state index is -0.863. The van der Waals surface area contributed by atoms with Crippen molar-refractivity contribution >= 4 is 5.91 Å². The van der Waals surface area contributed by atoms with E-state index < -0.39 is 11.9 Å². The fourth-order valence-corrected chi connectivity index (χ4v) is 2.49. The topological polar surface area (TPSA) is 49.8 Å². The standard InChI is InChI=1S/C16H22FNO3/c1-12(19)14-7-6-13(10-15(14)17)21-11-16(20)18-8-4-2-3-5-9-18/h6-7,10,12,19H,2-5,8-9,11H2,1H3/t12-/m0/s1. The van der Waals surface area contributed by atoms with Gasteiger partial charge in [-0.3, -0.25) is 4.79 Å². The third kappa shape index (κ3) is 4.43. The van der Waals surface area contributed by atoms with Crippen molar-refractivity contribution in [2.24, 2.45) is 0 Å². The van der Waals surface area contributed by atoms with Gasteiger partial charge in [-0.05, 0) is 31.9 Å². The number of ether oxygens (including phenoxy) is 1. The van der Waals surface area contributed by atoms with Gasteiger partial charge in [-0.25, -0.2) is 4.39 Å². The van der Waals surface area contributed by atoms with Gasteiger partial charge < -0.3 is 14.7 Å². The van der Waals surface area contributed by atoms with E-state index in [1.54, 1.807) is 6.07 Å². The van der Waals surface area contributed by atoms with Crippen LogP contribution in [0.5, 0.6) is 5.75 Å². The van der Waals surface area contributed by atoms with E-state index in [0.717, 1.165) is 38.8 Å². The number of rotatable bonds is 4. The molecule has 1 atom stereocenters. The van der Waals surface area contributed by atoms with Gasteiger partial charge in [-0.1, -0.05) is 12.8 Å². The number of likely N-dealkylation sites (tertiary alicyclic amines) is 1. The molecule has 1 N–H and O–H groups in total. The number of amides is 1. The molecule has 4 nitrogen and oxygen atoms in total. The second-order valence-electron chi connectivity index (χ2n) is 5.44. The van der Waals surface area contributed by atoms with Crippen molar-refractivity contribution in [1.82, 2.24) is 4.90 Å². The first kappa shape index (κ1) is 15.8. The van der Waals surface area contributed by atoms with Crippen molar-refractivity contribution in [3.63, 3.8) is 0 Å². The minimum Gasteiger partial charge on any atom is -0.484 e. The summed E-state index contributed by atoms with van der Waals surface area (Å²) in [4.78, 5) is 13.9. The maximum atomic E-state index is 13.7. The molecule has 0 radical (unpaired) electrons. The smallest absolute Gasteiger partial charge is 0.260 e. The molecule has 1 aromatic carbocycles. The number of benzene rings is 1. The normalized spacial score (nSPS) is 17.2. The van der Waals surface area contributed by atoms with Crippen LogP contribution < -0.4 is 4.74 Å². The summed E-state index contributed by atoms with van der Waals surface area (Å²) in [5, 5.41) is 9.37. The van der Waals surface area contributed by atoms with Crippen LogP contribution >= 0.6 is 0 Å². The summed E-state index contributed by atoms with van der Waals surface area (Å²) in [6.07, 6.45) is 3.53. The van der Waals surface area contributed by atoms with E-state index in [0.29, 0.717) is 5.75 Å². The molecule has 0 spiro atoms. The lowest BCUT2D eigenvalue weighted by Gasteiger charge is -2.20. The third-order valence-corrected chi connectivity index (χ3v) is 3.74. The first-order chi connectivity index (χ1) is 10.1. The Labute approximate surface area is 124 Å². The summed E-state index contributed by atoms with van der Waals surface area (Å²) in [7, 11) is 0. The molecule has 1 aliphatic rings. The second-order valence-corrected chi connectivity index (χ2v) is 5.44. The van der Waals surface area contributed by atoms with E-state index in [9.17, 15) is 14.3 Å². The maximum absolute atomic E-state index is 13.7. The van der Waals surface area contributed by atoms with Crippen molar-refractivity contribution in [2.45, 2.75) is 38.7 Å². The van der Waals surface area contributed by atoms with E-state index in [1.807, 2.05) is 4.90 Å². The SMILES string of the molecule is C[C@H](O)c1ccc(OCC(=O)N2CCCCCC2)cc1F. The predicted molar refractivity (Wildman–Crippen MR) is 77.6 cm³/mol. The number of hydrogen-bond acceptors (Lipinski definition) is 3. The number of carbonyl (C=O) groups is 1. The van der Waals surface area contributed by atoms with Gasteiger partial charge in [0.15, 0.2) is 6.61 Å². The molecule has 0 unspecified atom stereocenters. The molecule has 21 heavy (non-hydrogen) atoms. The van der Waals surface area contributed by atoms with Crippen LogP contribution in [0.25, 0.3) is 0 Å². The van der Waals surface area contributed by atoms with Crippen LogP contribution in [-0.2, 0) is 4.79 Å². The van der Waals surface area contributed by atoms with Gasteiger partial charge in [0.05, 0.1) is 6.10 Å². The van der Waals surface area contributed by atoms with E-state index in [1.165, 1.54) is 19.1 Å². The molecule has 1 aliphatic heterocycles. The highest BCUT2D eigenvalue weighted by molar-refractivity contribution is 5.77. The van der Waals surface area contributed by atoms with Gasteiger partial charge in [-0.15, -0.1) is 0 Å². The van der Waals surface area contributed by atoms with Crippen LogP contribution in [0.2, 0.25) is 0 Å². The van der Waals surface area contributed by atoms with Crippen LogP contribution in [0.4, 0.5) is 4.39 Å². The molecule has 5 heteroatoms. The first-order valence-corrected chi connectivity index (χ1v) is 7.46. The molecule has 0 saturated carbocycles. The van der Waals surface area contributed by atoms with E-state index in [4.69, 9.17) is 4.74 Å². The molecular formula is C16H22FNO3. The lowest BCUT2D eigenvalue weighted by Crippen LogP contribution is -2.35. The van der Waals surface area contributed by atoms with Gasteiger partial charge in [-0.2, -0.15) is 0 Å². The zero-order valence-electron chi connectivity index (χ0n) is 12.3. The molecule has 0 aliphatic carbocycles. The summed E-state index contributed by atoms with van der Waals surface area (Å²) in [5.74, 6) is -0.276. The van der Waals surface area contributed by atoms with Crippen molar-refractivity contribution in [3.05, 3.63) is 29.6 Å². The molecule has 1 aromatic rings. The van der Waals surface area contributed by atoms with E-state index >= 15 is 0 Å². The van der Waals surface area contributed by atoms with Gasteiger partial charge in [0, 0.05) is 24.7 Å². The Morgan fingerprint density at radius 2 is 2.00 bits per heavy atom. The lowest BCUT2D eigenvalue weighted by atomic mass is 10.1. The van der Waals surface area contributed by atoms with Crippen LogP contribution in [0.3, 0.4) is 0 Å². The number of halogens is 1. The zero-order valence-corrected chi connectivity index (χ0v) is 12.3. The zero-order chi connectivity index (χ0) is 15.2. The Morgan fingerprint density at radius 3 is 2.57 bits per heavy atom. The summed E-state index contributed by atoms with van der Waals surface area (Å²) in [6.45, 7) is 2.98. The lowest BCUT2D eigenvalue weighted by molar-refractivity contribution is -0.133. The average molecular weight is 295 g/mol. The molecule has 1 fully saturated rings. The molecule has 1 amide bonds. The molecule has 0 aromatic heterocycles. The van der Waals surface area contributed by atoms with Gasteiger partial charge >= 0.3 is 0 Å². The highest BCUT2D eigenvalue weighted by Crippen LogP contribution is 2.21. The first-order valence-electron chi connectivity index (χ1n) is 7.46. The fourth-order valence-electron chi connectivity index (χ4n) is 2.49. The van der Waals surface area contributed by atoms with Crippen molar-refractivity contribution in [3.8, 4) is 5.75 Å². The second kappa shape index (κ2) is 7.41. The van der Waals surface area contributed by atoms with Gasteiger partial charge in [0.25, 0.3) is 5.91 Å². The van der Waals surface area contributed by atoms with E-state index in [-0.39, 0.29) is 18.1 Å². The quantitative estimate of drug-likeness (QED) is 0.929. The number of aliphatic hydroxyl groups excluding tert-OH is 1. The summed E-state index contributed by atoms with van der Waals surface area (Å²) >= 11 is 0. The van der Waals surface area contributed by atoms with E-state index in [2.05, 4.69) is 0 Å². The highest BCUT2D eigenvalue weighted by Gasteiger charge is 2.16. The molecule has 116 valence electrons. The highest BCUT2D eigenvalue weighted by atomic mass is 19.1. The summed E-state index contributed by atoms with van der Waals surface area (Å²) in [6, 6.07) is 4.25.